The Morgan fingerprint density at radius 3 is 2.00 bits per heavy atom. The van der Waals surface area contributed by atoms with Gasteiger partial charge in [-0.1, -0.05) is 60.7 Å². The van der Waals surface area contributed by atoms with E-state index >= 15 is 0 Å². The largest absolute Gasteiger partial charge is 0.462 e. The standard InChI is InChI=1S/C23H29NO4/c1-18(24(3)4)16-27-22(26)23(19(2)25,15-20-11-7-5-8-12-20)28-17-21-13-9-6-10-14-21/h5-14,18H,15-17H2,1-4H3. The van der Waals surface area contributed by atoms with E-state index in [9.17, 15) is 9.59 Å². The van der Waals surface area contributed by atoms with E-state index in [1.165, 1.54) is 6.92 Å². The summed E-state index contributed by atoms with van der Waals surface area (Å²) in [4.78, 5) is 27.7. The second-order valence-corrected chi connectivity index (χ2v) is 7.23. The zero-order chi connectivity index (χ0) is 20.6. The van der Waals surface area contributed by atoms with Crippen LogP contribution in [0.3, 0.4) is 0 Å². The summed E-state index contributed by atoms with van der Waals surface area (Å²) in [6.07, 6.45) is 0.130. The first-order valence-corrected chi connectivity index (χ1v) is 9.41. The number of hydrogen-bond donors (Lipinski definition) is 0. The number of benzene rings is 2. The number of ketones is 1. The van der Waals surface area contributed by atoms with Gasteiger partial charge in [-0.05, 0) is 39.1 Å². The summed E-state index contributed by atoms with van der Waals surface area (Å²) < 4.78 is 11.5. The van der Waals surface area contributed by atoms with Crippen molar-refractivity contribution in [2.45, 2.75) is 38.5 Å². The number of rotatable bonds is 10. The Morgan fingerprint density at radius 1 is 0.964 bits per heavy atom. The first-order valence-electron chi connectivity index (χ1n) is 9.41. The van der Waals surface area contributed by atoms with Crippen LogP contribution in [-0.4, -0.2) is 49.0 Å². The minimum absolute atomic E-state index is 0.0273. The lowest BCUT2D eigenvalue weighted by atomic mass is 9.90. The van der Waals surface area contributed by atoms with Crippen LogP contribution in [0.4, 0.5) is 0 Å². The third kappa shape index (κ3) is 5.75. The van der Waals surface area contributed by atoms with Crippen LogP contribution in [0.25, 0.3) is 0 Å². The molecule has 0 aromatic heterocycles. The van der Waals surface area contributed by atoms with E-state index in [0.29, 0.717) is 0 Å². The van der Waals surface area contributed by atoms with E-state index in [1.807, 2.05) is 86.6 Å². The molecule has 0 fully saturated rings. The minimum atomic E-state index is -1.68. The monoisotopic (exact) mass is 383 g/mol. The average Bonchev–Trinajstić information content (AvgIpc) is 2.70. The highest BCUT2D eigenvalue weighted by molar-refractivity contribution is 6.06. The molecule has 0 aliphatic rings. The van der Waals surface area contributed by atoms with Gasteiger partial charge >= 0.3 is 5.97 Å². The summed E-state index contributed by atoms with van der Waals surface area (Å²) in [5, 5.41) is 0. The molecule has 0 bridgehead atoms. The molecular weight excluding hydrogens is 354 g/mol. The van der Waals surface area contributed by atoms with Gasteiger partial charge in [0.1, 0.15) is 6.61 Å². The van der Waals surface area contributed by atoms with Gasteiger partial charge in [0.25, 0.3) is 0 Å². The molecule has 28 heavy (non-hydrogen) atoms. The van der Waals surface area contributed by atoms with Gasteiger partial charge < -0.3 is 14.4 Å². The van der Waals surface area contributed by atoms with Gasteiger partial charge in [0.2, 0.25) is 5.60 Å². The Labute approximate surface area is 167 Å². The molecule has 5 nitrogen and oxygen atoms in total. The smallest absolute Gasteiger partial charge is 0.346 e. The molecule has 0 N–H and O–H groups in total. The van der Waals surface area contributed by atoms with Gasteiger partial charge in [-0.15, -0.1) is 0 Å². The quantitative estimate of drug-likeness (QED) is 0.466. The van der Waals surface area contributed by atoms with E-state index in [-0.39, 0.29) is 31.5 Å². The average molecular weight is 383 g/mol. The highest BCUT2D eigenvalue weighted by Gasteiger charge is 2.46. The van der Waals surface area contributed by atoms with Crippen LogP contribution in [0.1, 0.15) is 25.0 Å². The van der Waals surface area contributed by atoms with Crippen molar-refractivity contribution in [3.8, 4) is 0 Å². The minimum Gasteiger partial charge on any atom is -0.462 e. The Bertz CT molecular complexity index is 761. The molecule has 5 heteroatoms. The van der Waals surface area contributed by atoms with Gasteiger partial charge in [-0.2, -0.15) is 0 Å². The number of likely N-dealkylation sites (N-methyl/N-ethyl adjacent to an activating group) is 1. The summed E-state index contributed by atoms with van der Waals surface area (Å²) in [6, 6.07) is 18.9. The second-order valence-electron chi connectivity index (χ2n) is 7.23. The van der Waals surface area contributed by atoms with Gasteiger partial charge in [0.15, 0.2) is 5.78 Å². The van der Waals surface area contributed by atoms with Gasteiger partial charge in [0, 0.05) is 12.5 Å². The van der Waals surface area contributed by atoms with Crippen molar-refractivity contribution in [3.63, 3.8) is 0 Å². The van der Waals surface area contributed by atoms with Crippen LogP contribution < -0.4 is 0 Å². The van der Waals surface area contributed by atoms with Crippen molar-refractivity contribution < 1.29 is 19.1 Å². The van der Waals surface area contributed by atoms with E-state index in [1.54, 1.807) is 0 Å². The fourth-order valence-electron chi connectivity index (χ4n) is 2.68. The van der Waals surface area contributed by atoms with Gasteiger partial charge in [-0.3, -0.25) is 4.79 Å². The molecule has 0 aliphatic heterocycles. The van der Waals surface area contributed by atoms with Crippen molar-refractivity contribution >= 4 is 11.8 Å². The van der Waals surface area contributed by atoms with Crippen LogP contribution in [-0.2, 0) is 32.1 Å². The fourth-order valence-corrected chi connectivity index (χ4v) is 2.68. The summed E-state index contributed by atoms with van der Waals surface area (Å²) in [6.45, 7) is 3.66. The molecule has 2 aromatic rings. The highest BCUT2D eigenvalue weighted by atomic mass is 16.6. The van der Waals surface area contributed by atoms with Crippen LogP contribution >= 0.6 is 0 Å². The molecule has 0 aliphatic carbocycles. The predicted octanol–water partition coefficient (Wildman–Crippen LogP) is 3.27. The molecule has 2 rings (SSSR count). The summed E-state index contributed by atoms with van der Waals surface area (Å²) in [7, 11) is 3.82. The van der Waals surface area contributed by atoms with E-state index < -0.39 is 11.6 Å². The lowest BCUT2D eigenvalue weighted by Gasteiger charge is -2.30. The number of carbonyl (C=O) groups excluding carboxylic acids is 2. The normalized spacial score (nSPS) is 14.3. The van der Waals surface area contributed by atoms with Crippen LogP contribution in [0.15, 0.2) is 60.7 Å². The van der Waals surface area contributed by atoms with E-state index in [4.69, 9.17) is 9.47 Å². The van der Waals surface area contributed by atoms with Crippen molar-refractivity contribution in [1.82, 2.24) is 4.90 Å². The van der Waals surface area contributed by atoms with Crippen molar-refractivity contribution in [2.75, 3.05) is 20.7 Å². The topological polar surface area (TPSA) is 55.8 Å². The third-order valence-electron chi connectivity index (χ3n) is 4.86. The first-order chi connectivity index (χ1) is 13.3. The number of carbonyl (C=O) groups is 2. The third-order valence-corrected chi connectivity index (χ3v) is 4.86. The van der Waals surface area contributed by atoms with Crippen LogP contribution in [0, 0.1) is 0 Å². The molecule has 2 atom stereocenters. The zero-order valence-electron chi connectivity index (χ0n) is 17.1. The maximum Gasteiger partial charge on any atom is 0.346 e. The molecule has 2 unspecified atom stereocenters. The van der Waals surface area contributed by atoms with E-state index in [2.05, 4.69) is 0 Å². The Kier molecular flexibility index (Phi) is 7.91. The molecular formula is C23H29NO4. The molecule has 2 aromatic carbocycles. The summed E-state index contributed by atoms with van der Waals surface area (Å²) in [5.41, 5.74) is 0.0440. The molecule has 0 saturated heterocycles. The van der Waals surface area contributed by atoms with Gasteiger partial charge in [0.05, 0.1) is 6.61 Å². The number of ether oxygens (including phenoxy) is 2. The fraction of sp³-hybridized carbons (Fsp3) is 0.391. The van der Waals surface area contributed by atoms with Crippen molar-refractivity contribution in [2.24, 2.45) is 0 Å². The highest BCUT2D eigenvalue weighted by Crippen LogP contribution is 2.24. The van der Waals surface area contributed by atoms with Crippen molar-refractivity contribution in [3.05, 3.63) is 71.8 Å². The predicted molar refractivity (Wildman–Crippen MR) is 109 cm³/mol. The van der Waals surface area contributed by atoms with Crippen LogP contribution in [0.2, 0.25) is 0 Å². The van der Waals surface area contributed by atoms with Crippen molar-refractivity contribution in [1.29, 1.82) is 0 Å². The number of esters is 1. The Hall–Kier alpha value is -2.50. The lowest BCUT2D eigenvalue weighted by Crippen LogP contribution is -2.51. The Balaban J connectivity index is 2.27. The molecule has 0 heterocycles. The number of nitrogens with zero attached hydrogens (tertiary/aromatic N) is 1. The molecule has 0 radical (unpaired) electrons. The van der Waals surface area contributed by atoms with Gasteiger partial charge in [-0.25, -0.2) is 4.79 Å². The maximum atomic E-state index is 13.1. The SMILES string of the molecule is CC(=O)C(Cc1ccccc1)(OCc1ccccc1)C(=O)OCC(C)N(C)C. The molecule has 0 saturated carbocycles. The maximum absolute atomic E-state index is 13.1. The Morgan fingerprint density at radius 2 is 1.50 bits per heavy atom. The summed E-state index contributed by atoms with van der Waals surface area (Å²) in [5.74, 6) is -1.01. The zero-order valence-corrected chi connectivity index (χ0v) is 17.1. The van der Waals surface area contributed by atoms with E-state index in [0.717, 1.165) is 11.1 Å². The second kappa shape index (κ2) is 10.2. The number of Topliss-reactive ketones (excluding diaryl/α,β-unsaturated/α-hetero) is 1. The molecule has 0 spiro atoms. The first kappa shape index (κ1) is 21.8. The van der Waals surface area contributed by atoms with Crippen LogP contribution in [0.5, 0.6) is 0 Å². The summed E-state index contributed by atoms with van der Waals surface area (Å²) >= 11 is 0. The number of hydrogen-bond acceptors (Lipinski definition) is 5. The molecule has 150 valence electrons. The molecule has 0 amide bonds. The lowest BCUT2D eigenvalue weighted by molar-refractivity contribution is -0.179.